The fourth-order valence-corrected chi connectivity index (χ4v) is 3.11. The van der Waals surface area contributed by atoms with Gasteiger partial charge in [0, 0.05) is 18.8 Å². The Morgan fingerprint density at radius 3 is 2.80 bits per heavy atom. The number of amides is 1. The summed E-state index contributed by atoms with van der Waals surface area (Å²) >= 11 is 0. The highest BCUT2D eigenvalue weighted by atomic mass is 19.4. The van der Waals surface area contributed by atoms with E-state index in [4.69, 9.17) is 4.74 Å². The molecule has 3 aromatic heterocycles. The smallest absolute Gasteiger partial charge is 0.422 e. The minimum absolute atomic E-state index is 0.0583. The van der Waals surface area contributed by atoms with Crippen molar-refractivity contribution in [1.82, 2.24) is 19.7 Å². The van der Waals surface area contributed by atoms with E-state index in [9.17, 15) is 18.0 Å². The lowest BCUT2D eigenvalue weighted by Crippen LogP contribution is -2.19. The predicted octanol–water partition coefficient (Wildman–Crippen LogP) is 3.86. The zero-order valence-electron chi connectivity index (χ0n) is 16.2. The lowest BCUT2D eigenvalue weighted by Gasteiger charge is -2.11. The van der Waals surface area contributed by atoms with Gasteiger partial charge >= 0.3 is 6.18 Å². The maximum Gasteiger partial charge on any atom is 0.422 e. The number of hydrogen-bond donors (Lipinski definition) is 1. The first-order valence-electron chi connectivity index (χ1n) is 9.55. The van der Waals surface area contributed by atoms with Crippen LogP contribution in [0.15, 0.2) is 30.6 Å². The Bertz CT molecular complexity index is 1080. The second kappa shape index (κ2) is 7.92. The van der Waals surface area contributed by atoms with Gasteiger partial charge in [-0.05, 0) is 43.9 Å². The summed E-state index contributed by atoms with van der Waals surface area (Å²) in [5.41, 5.74) is 1.66. The number of anilines is 1. The van der Waals surface area contributed by atoms with Crippen LogP contribution in [0.3, 0.4) is 0 Å². The van der Waals surface area contributed by atoms with Crippen molar-refractivity contribution < 1.29 is 22.7 Å². The zero-order valence-corrected chi connectivity index (χ0v) is 16.2. The Morgan fingerprint density at radius 2 is 2.10 bits per heavy atom. The van der Waals surface area contributed by atoms with Crippen molar-refractivity contribution in [3.63, 3.8) is 0 Å². The van der Waals surface area contributed by atoms with E-state index in [1.807, 2.05) is 0 Å². The summed E-state index contributed by atoms with van der Waals surface area (Å²) in [5.74, 6) is 0.970. The minimum Gasteiger partial charge on any atom is -0.482 e. The van der Waals surface area contributed by atoms with E-state index in [0.717, 1.165) is 12.8 Å². The van der Waals surface area contributed by atoms with E-state index in [2.05, 4.69) is 20.4 Å². The molecule has 1 saturated carbocycles. The quantitative estimate of drug-likeness (QED) is 0.629. The number of hydrogen-bond acceptors (Lipinski definition) is 5. The standard InChI is InChI=1S/C20H20F3N5O2/c1-12-17(30-11-20(21,22)23)5-4-14(25-12)9-28-10-15-16(27-28)6-7-24-19(15)26-18(29)8-13-2-3-13/h4-7,10,13H,2-3,8-9,11H2,1H3,(H,24,26,29). The van der Waals surface area contributed by atoms with Gasteiger partial charge in [0.25, 0.3) is 0 Å². The molecule has 0 atom stereocenters. The van der Waals surface area contributed by atoms with Gasteiger partial charge in [-0.3, -0.25) is 14.5 Å². The van der Waals surface area contributed by atoms with Crippen LogP contribution < -0.4 is 10.1 Å². The van der Waals surface area contributed by atoms with Crippen molar-refractivity contribution in [2.75, 3.05) is 11.9 Å². The SMILES string of the molecule is Cc1nc(Cn2cc3c(NC(=O)CC4CC4)nccc3n2)ccc1OCC(F)(F)F. The van der Waals surface area contributed by atoms with Crippen molar-refractivity contribution in [3.05, 3.63) is 42.0 Å². The summed E-state index contributed by atoms with van der Waals surface area (Å²) in [5, 5.41) is 8.04. The number of ether oxygens (including phenoxy) is 1. The van der Waals surface area contributed by atoms with Crippen LogP contribution in [0.1, 0.15) is 30.7 Å². The highest BCUT2D eigenvalue weighted by Gasteiger charge is 2.29. The summed E-state index contributed by atoms with van der Waals surface area (Å²) in [4.78, 5) is 20.7. The Labute approximate surface area is 170 Å². The number of rotatable bonds is 7. The number of nitrogens with one attached hydrogen (secondary N) is 1. The van der Waals surface area contributed by atoms with Crippen molar-refractivity contribution in [2.45, 2.75) is 38.9 Å². The molecule has 0 radical (unpaired) electrons. The molecule has 0 bridgehead atoms. The molecular formula is C20H20F3N5O2. The molecule has 1 aliphatic carbocycles. The molecule has 3 heterocycles. The predicted molar refractivity (Wildman–Crippen MR) is 103 cm³/mol. The number of halogens is 3. The first-order valence-corrected chi connectivity index (χ1v) is 9.55. The Balaban J connectivity index is 1.48. The molecule has 0 spiro atoms. The minimum atomic E-state index is -4.40. The molecular weight excluding hydrogens is 399 g/mol. The molecule has 0 unspecified atom stereocenters. The monoisotopic (exact) mass is 419 g/mol. The fourth-order valence-electron chi connectivity index (χ4n) is 3.11. The second-order valence-corrected chi connectivity index (χ2v) is 7.40. The molecule has 158 valence electrons. The Hall–Kier alpha value is -3.17. The summed E-state index contributed by atoms with van der Waals surface area (Å²) in [6.45, 7) is 0.540. The number of aryl methyl sites for hydroxylation is 1. The maximum atomic E-state index is 12.3. The van der Waals surface area contributed by atoms with Gasteiger partial charge in [-0.1, -0.05) is 0 Å². The van der Waals surface area contributed by atoms with E-state index in [1.54, 1.807) is 36.1 Å². The molecule has 3 aromatic rings. The number of nitrogens with zero attached hydrogens (tertiary/aromatic N) is 4. The number of carbonyl (C=O) groups is 1. The Kier molecular flexibility index (Phi) is 5.31. The van der Waals surface area contributed by atoms with Gasteiger partial charge in [0.1, 0.15) is 11.6 Å². The number of alkyl halides is 3. The largest absolute Gasteiger partial charge is 0.482 e. The molecule has 1 fully saturated rings. The highest BCUT2D eigenvalue weighted by molar-refractivity contribution is 5.99. The highest BCUT2D eigenvalue weighted by Crippen LogP contribution is 2.32. The lowest BCUT2D eigenvalue weighted by atomic mass is 10.2. The molecule has 4 rings (SSSR count). The van der Waals surface area contributed by atoms with E-state index in [1.165, 1.54) is 6.07 Å². The number of carbonyl (C=O) groups excluding carboxylic acids is 1. The van der Waals surface area contributed by atoms with Crippen LogP contribution in [-0.2, 0) is 11.3 Å². The number of fused-ring (bicyclic) bond motifs is 1. The van der Waals surface area contributed by atoms with Gasteiger partial charge < -0.3 is 10.1 Å². The summed E-state index contributed by atoms with van der Waals surface area (Å²) in [6.07, 6.45) is 1.63. The van der Waals surface area contributed by atoms with E-state index < -0.39 is 12.8 Å². The average Bonchev–Trinajstić information content (AvgIpc) is 3.36. The number of aromatic nitrogens is 4. The third-order valence-corrected chi connectivity index (χ3v) is 4.72. The van der Waals surface area contributed by atoms with Gasteiger partial charge in [0.05, 0.1) is 28.8 Å². The summed E-state index contributed by atoms with van der Waals surface area (Å²) in [7, 11) is 0. The van der Waals surface area contributed by atoms with E-state index >= 15 is 0 Å². The molecule has 1 amide bonds. The third kappa shape index (κ3) is 5.05. The van der Waals surface area contributed by atoms with Crippen LogP contribution >= 0.6 is 0 Å². The van der Waals surface area contributed by atoms with Crippen molar-refractivity contribution in [2.24, 2.45) is 5.92 Å². The van der Waals surface area contributed by atoms with Crippen LogP contribution in [0.2, 0.25) is 0 Å². The first kappa shape index (κ1) is 20.1. The molecule has 0 aliphatic heterocycles. The van der Waals surface area contributed by atoms with Crippen LogP contribution in [0.25, 0.3) is 10.9 Å². The zero-order chi connectivity index (χ0) is 21.3. The number of pyridine rings is 2. The molecule has 10 heteroatoms. The molecule has 1 N–H and O–H groups in total. The topological polar surface area (TPSA) is 81.9 Å². The third-order valence-electron chi connectivity index (χ3n) is 4.72. The fraction of sp³-hybridized carbons (Fsp3) is 0.400. The molecule has 30 heavy (non-hydrogen) atoms. The Morgan fingerprint density at radius 1 is 1.30 bits per heavy atom. The average molecular weight is 419 g/mol. The molecule has 0 aromatic carbocycles. The lowest BCUT2D eigenvalue weighted by molar-refractivity contribution is -0.153. The van der Waals surface area contributed by atoms with Crippen LogP contribution in [-0.4, -0.2) is 38.4 Å². The van der Waals surface area contributed by atoms with Gasteiger partial charge in [-0.15, -0.1) is 0 Å². The normalized spacial score (nSPS) is 14.1. The second-order valence-electron chi connectivity index (χ2n) is 7.40. The molecule has 0 saturated heterocycles. The van der Waals surface area contributed by atoms with Crippen LogP contribution in [0.4, 0.5) is 19.0 Å². The van der Waals surface area contributed by atoms with E-state index in [-0.39, 0.29) is 11.7 Å². The van der Waals surface area contributed by atoms with Crippen LogP contribution in [0, 0.1) is 12.8 Å². The van der Waals surface area contributed by atoms with Gasteiger partial charge in [0.2, 0.25) is 5.91 Å². The maximum absolute atomic E-state index is 12.3. The van der Waals surface area contributed by atoms with Gasteiger partial charge in [-0.25, -0.2) is 4.98 Å². The summed E-state index contributed by atoms with van der Waals surface area (Å²) < 4.78 is 43.4. The molecule has 7 nitrogen and oxygen atoms in total. The van der Waals surface area contributed by atoms with Crippen molar-refractivity contribution in [1.29, 1.82) is 0 Å². The van der Waals surface area contributed by atoms with Crippen molar-refractivity contribution >= 4 is 22.6 Å². The van der Waals surface area contributed by atoms with Crippen LogP contribution in [0.5, 0.6) is 5.75 Å². The first-order chi connectivity index (χ1) is 14.3. The molecule has 1 aliphatic rings. The van der Waals surface area contributed by atoms with Crippen molar-refractivity contribution in [3.8, 4) is 5.75 Å². The van der Waals surface area contributed by atoms with Gasteiger partial charge in [-0.2, -0.15) is 18.3 Å². The van der Waals surface area contributed by atoms with E-state index in [0.29, 0.717) is 47.0 Å². The van der Waals surface area contributed by atoms with Gasteiger partial charge in [0.15, 0.2) is 6.61 Å². The summed E-state index contributed by atoms with van der Waals surface area (Å²) in [6, 6.07) is 4.81.